The number of aromatic nitrogens is 2. The zero-order valence-corrected chi connectivity index (χ0v) is 15.8. The molecule has 0 aliphatic heterocycles. The maximum atomic E-state index is 12.8. The van der Waals surface area contributed by atoms with Crippen LogP contribution in [0, 0.1) is 27.7 Å². The second-order valence-corrected chi connectivity index (χ2v) is 6.56. The summed E-state index contributed by atoms with van der Waals surface area (Å²) in [7, 11) is 1.64. The van der Waals surface area contributed by atoms with E-state index in [1.807, 2.05) is 52.0 Å². The number of rotatable bonds is 4. The standard InChI is InChI=1S/C21H23N3O2/c1-12-6-7-18-16(8-12)17(9-14(3)24-18)21(25)23-11-19-15(4)20(26-5)13(2)10-22-19/h6-10H,11H2,1-5H3,(H,23,25). The van der Waals surface area contributed by atoms with Crippen molar-refractivity contribution in [3.8, 4) is 5.75 Å². The summed E-state index contributed by atoms with van der Waals surface area (Å²) in [4.78, 5) is 21.8. The van der Waals surface area contributed by atoms with Gasteiger partial charge in [0, 0.05) is 28.4 Å². The van der Waals surface area contributed by atoms with E-state index in [9.17, 15) is 4.79 Å². The van der Waals surface area contributed by atoms with Crippen LogP contribution in [0.25, 0.3) is 10.9 Å². The topological polar surface area (TPSA) is 64.1 Å². The first-order chi connectivity index (χ1) is 12.4. The first-order valence-corrected chi connectivity index (χ1v) is 8.56. The van der Waals surface area contributed by atoms with Gasteiger partial charge in [-0.3, -0.25) is 14.8 Å². The molecule has 0 aliphatic carbocycles. The zero-order chi connectivity index (χ0) is 18.8. The maximum absolute atomic E-state index is 12.8. The van der Waals surface area contributed by atoms with Crippen LogP contribution >= 0.6 is 0 Å². The Labute approximate surface area is 153 Å². The predicted octanol–water partition coefficient (Wildman–Crippen LogP) is 3.80. The number of carbonyl (C=O) groups excluding carboxylic acids is 1. The molecule has 26 heavy (non-hydrogen) atoms. The quantitative estimate of drug-likeness (QED) is 0.778. The lowest BCUT2D eigenvalue weighted by atomic mass is 10.0. The summed E-state index contributed by atoms with van der Waals surface area (Å²) in [5, 5.41) is 3.84. The van der Waals surface area contributed by atoms with Gasteiger partial charge in [0.1, 0.15) is 5.75 Å². The lowest BCUT2D eigenvalue weighted by molar-refractivity contribution is 0.0952. The molecule has 5 heteroatoms. The average Bonchev–Trinajstić information content (AvgIpc) is 2.61. The molecule has 0 fully saturated rings. The molecule has 134 valence electrons. The highest BCUT2D eigenvalue weighted by Crippen LogP contribution is 2.24. The molecule has 0 saturated heterocycles. The zero-order valence-electron chi connectivity index (χ0n) is 15.8. The number of amides is 1. The number of hydrogen-bond acceptors (Lipinski definition) is 4. The molecule has 1 N–H and O–H groups in total. The van der Waals surface area contributed by atoms with Crippen LogP contribution in [0.15, 0.2) is 30.5 Å². The molecule has 1 amide bonds. The van der Waals surface area contributed by atoms with Crippen LogP contribution in [0.3, 0.4) is 0 Å². The Morgan fingerprint density at radius 1 is 1.15 bits per heavy atom. The molecule has 1 aromatic carbocycles. The normalized spacial score (nSPS) is 10.8. The van der Waals surface area contributed by atoms with Crippen molar-refractivity contribution < 1.29 is 9.53 Å². The van der Waals surface area contributed by atoms with E-state index >= 15 is 0 Å². The van der Waals surface area contributed by atoms with Crippen molar-refractivity contribution in [2.45, 2.75) is 34.2 Å². The third kappa shape index (κ3) is 3.38. The summed E-state index contributed by atoms with van der Waals surface area (Å²) in [5.74, 6) is 0.678. The number of benzene rings is 1. The van der Waals surface area contributed by atoms with Crippen LogP contribution in [-0.2, 0) is 6.54 Å². The summed E-state index contributed by atoms with van der Waals surface area (Å²) in [6.45, 7) is 8.15. The fourth-order valence-corrected chi connectivity index (χ4v) is 3.17. The van der Waals surface area contributed by atoms with Crippen molar-refractivity contribution >= 4 is 16.8 Å². The monoisotopic (exact) mass is 349 g/mol. The Bertz CT molecular complexity index is 996. The first-order valence-electron chi connectivity index (χ1n) is 8.56. The SMILES string of the molecule is COc1c(C)cnc(CNC(=O)c2cc(C)nc3ccc(C)cc23)c1C. The highest BCUT2D eigenvalue weighted by Gasteiger charge is 2.14. The third-order valence-corrected chi connectivity index (χ3v) is 4.50. The predicted molar refractivity (Wildman–Crippen MR) is 103 cm³/mol. The van der Waals surface area contributed by atoms with Gasteiger partial charge < -0.3 is 10.1 Å². The van der Waals surface area contributed by atoms with Gasteiger partial charge in [-0.15, -0.1) is 0 Å². The summed E-state index contributed by atoms with van der Waals surface area (Å²) in [5.41, 5.74) is 6.09. The number of ether oxygens (including phenoxy) is 1. The number of methoxy groups -OCH3 is 1. The lowest BCUT2D eigenvalue weighted by Crippen LogP contribution is -2.24. The minimum Gasteiger partial charge on any atom is -0.496 e. The van der Waals surface area contributed by atoms with E-state index in [1.54, 1.807) is 13.3 Å². The van der Waals surface area contributed by atoms with E-state index in [2.05, 4.69) is 15.3 Å². The van der Waals surface area contributed by atoms with Gasteiger partial charge in [0.05, 0.1) is 30.4 Å². The molecule has 0 bridgehead atoms. The molecular weight excluding hydrogens is 326 g/mol. The van der Waals surface area contributed by atoms with Gasteiger partial charge in [-0.05, 0) is 45.9 Å². The second-order valence-electron chi connectivity index (χ2n) is 6.56. The van der Waals surface area contributed by atoms with E-state index in [0.29, 0.717) is 12.1 Å². The Hall–Kier alpha value is -2.95. The van der Waals surface area contributed by atoms with Gasteiger partial charge in [0.25, 0.3) is 5.91 Å². The molecular formula is C21H23N3O2. The van der Waals surface area contributed by atoms with Crippen LogP contribution in [0.5, 0.6) is 5.75 Å². The minimum atomic E-state index is -0.133. The third-order valence-electron chi connectivity index (χ3n) is 4.50. The molecule has 2 heterocycles. The number of fused-ring (bicyclic) bond motifs is 1. The van der Waals surface area contributed by atoms with Gasteiger partial charge in [0.15, 0.2) is 0 Å². The number of nitrogens with zero attached hydrogens (tertiary/aromatic N) is 2. The number of carbonyl (C=O) groups is 1. The van der Waals surface area contributed by atoms with Crippen LogP contribution in [-0.4, -0.2) is 23.0 Å². The highest BCUT2D eigenvalue weighted by atomic mass is 16.5. The average molecular weight is 349 g/mol. The molecule has 0 radical (unpaired) electrons. The molecule has 0 unspecified atom stereocenters. The number of nitrogens with one attached hydrogen (secondary N) is 1. The molecule has 3 aromatic rings. The summed E-state index contributed by atoms with van der Waals surface area (Å²) in [6.07, 6.45) is 1.77. The van der Waals surface area contributed by atoms with E-state index in [4.69, 9.17) is 4.74 Å². The van der Waals surface area contributed by atoms with Crippen LogP contribution in [0.2, 0.25) is 0 Å². The van der Waals surface area contributed by atoms with Gasteiger partial charge >= 0.3 is 0 Å². The lowest BCUT2D eigenvalue weighted by Gasteiger charge is -2.13. The Kier molecular flexibility index (Phi) is 4.89. The van der Waals surface area contributed by atoms with Crippen LogP contribution < -0.4 is 10.1 Å². The van der Waals surface area contributed by atoms with E-state index < -0.39 is 0 Å². The number of pyridine rings is 2. The van der Waals surface area contributed by atoms with E-state index in [1.165, 1.54) is 0 Å². The van der Waals surface area contributed by atoms with Gasteiger partial charge in [0.2, 0.25) is 0 Å². The van der Waals surface area contributed by atoms with E-state index in [0.717, 1.165) is 44.7 Å². The smallest absolute Gasteiger partial charge is 0.252 e. The van der Waals surface area contributed by atoms with Gasteiger partial charge in [-0.25, -0.2) is 0 Å². The molecule has 5 nitrogen and oxygen atoms in total. The fraction of sp³-hybridized carbons (Fsp3) is 0.286. The van der Waals surface area contributed by atoms with Crippen molar-refractivity contribution in [1.29, 1.82) is 0 Å². The van der Waals surface area contributed by atoms with Gasteiger partial charge in [-0.1, -0.05) is 11.6 Å². The molecule has 3 rings (SSSR count). The van der Waals surface area contributed by atoms with Gasteiger partial charge in [-0.2, -0.15) is 0 Å². The summed E-state index contributed by atoms with van der Waals surface area (Å²) < 4.78 is 5.43. The van der Waals surface area contributed by atoms with E-state index in [-0.39, 0.29) is 5.91 Å². The Morgan fingerprint density at radius 2 is 1.92 bits per heavy atom. The molecule has 0 saturated carbocycles. The Balaban J connectivity index is 1.90. The fourth-order valence-electron chi connectivity index (χ4n) is 3.17. The van der Waals surface area contributed by atoms with Crippen molar-refractivity contribution in [2.24, 2.45) is 0 Å². The maximum Gasteiger partial charge on any atom is 0.252 e. The van der Waals surface area contributed by atoms with Crippen LogP contribution in [0.4, 0.5) is 0 Å². The largest absolute Gasteiger partial charge is 0.496 e. The van der Waals surface area contributed by atoms with Crippen molar-refractivity contribution in [3.63, 3.8) is 0 Å². The molecule has 0 aliphatic rings. The van der Waals surface area contributed by atoms with Crippen molar-refractivity contribution in [1.82, 2.24) is 15.3 Å². The van der Waals surface area contributed by atoms with Crippen molar-refractivity contribution in [3.05, 3.63) is 64.1 Å². The Morgan fingerprint density at radius 3 is 2.65 bits per heavy atom. The summed E-state index contributed by atoms with van der Waals surface area (Å²) in [6, 6.07) is 7.77. The second kappa shape index (κ2) is 7.12. The molecule has 0 atom stereocenters. The van der Waals surface area contributed by atoms with Crippen LogP contribution in [0.1, 0.15) is 38.4 Å². The summed E-state index contributed by atoms with van der Waals surface area (Å²) >= 11 is 0. The number of aryl methyl sites for hydroxylation is 3. The number of hydrogen-bond donors (Lipinski definition) is 1. The molecule has 2 aromatic heterocycles. The minimum absolute atomic E-state index is 0.133. The first kappa shape index (κ1) is 17.9. The highest BCUT2D eigenvalue weighted by molar-refractivity contribution is 6.06. The van der Waals surface area contributed by atoms with Crippen molar-refractivity contribution in [2.75, 3.05) is 7.11 Å². The molecule has 0 spiro atoms.